The lowest BCUT2D eigenvalue weighted by molar-refractivity contribution is 0.0744. The van der Waals surface area contributed by atoms with Crippen LogP contribution in [0.2, 0.25) is 0 Å². The number of carbonyl (C=O) groups is 1. The summed E-state index contributed by atoms with van der Waals surface area (Å²) < 4.78 is 2.00. The van der Waals surface area contributed by atoms with E-state index in [2.05, 4.69) is 54.4 Å². The van der Waals surface area contributed by atoms with E-state index in [0.717, 1.165) is 69.1 Å². The molecule has 1 aromatic heterocycles. The Balaban J connectivity index is 0.00000274. The highest BCUT2D eigenvalue weighted by atomic mass is 35.5. The summed E-state index contributed by atoms with van der Waals surface area (Å²) in [5, 5.41) is 8.14. The van der Waals surface area contributed by atoms with Crippen LogP contribution >= 0.6 is 12.4 Å². The van der Waals surface area contributed by atoms with Gasteiger partial charge in [0.1, 0.15) is 0 Å². The number of hydrogen-bond acceptors (Lipinski definition) is 4. The molecule has 0 aliphatic carbocycles. The van der Waals surface area contributed by atoms with Gasteiger partial charge in [0.15, 0.2) is 0 Å². The molecular weight excluding hydrogens is 446 g/mol. The number of piperidine rings is 1. The van der Waals surface area contributed by atoms with Crippen LogP contribution in [0.5, 0.6) is 0 Å². The van der Waals surface area contributed by atoms with Crippen molar-refractivity contribution in [2.24, 2.45) is 0 Å². The number of anilines is 1. The SMILES string of the molecule is Cc1ccc(N2CCN(C(=O)c3cnn(-c4ccccc4)c3C3CCNCC3)CC2)c(C)c1.Cl. The lowest BCUT2D eigenvalue weighted by Gasteiger charge is -2.37. The van der Waals surface area contributed by atoms with Gasteiger partial charge in [-0.1, -0.05) is 35.9 Å². The van der Waals surface area contributed by atoms with Gasteiger partial charge in [-0.15, -0.1) is 12.4 Å². The van der Waals surface area contributed by atoms with Crippen LogP contribution in [0.3, 0.4) is 0 Å². The molecule has 2 fully saturated rings. The second-order valence-electron chi connectivity index (χ2n) is 9.28. The van der Waals surface area contributed by atoms with Crippen molar-refractivity contribution < 1.29 is 4.79 Å². The summed E-state index contributed by atoms with van der Waals surface area (Å²) in [6.07, 6.45) is 3.85. The number of nitrogens with zero attached hydrogens (tertiary/aromatic N) is 4. The number of aryl methyl sites for hydroxylation is 2. The Morgan fingerprint density at radius 2 is 1.68 bits per heavy atom. The van der Waals surface area contributed by atoms with Gasteiger partial charge < -0.3 is 15.1 Å². The monoisotopic (exact) mass is 479 g/mol. The van der Waals surface area contributed by atoms with E-state index < -0.39 is 0 Å². The Kier molecular flexibility index (Phi) is 7.59. The maximum Gasteiger partial charge on any atom is 0.257 e. The molecule has 7 heteroatoms. The van der Waals surface area contributed by atoms with Crippen LogP contribution in [-0.2, 0) is 0 Å². The van der Waals surface area contributed by atoms with Gasteiger partial charge in [0.05, 0.1) is 23.1 Å². The molecule has 1 amide bonds. The van der Waals surface area contributed by atoms with E-state index in [-0.39, 0.29) is 18.3 Å². The van der Waals surface area contributed by atoms with E-state index >= 15 is 0 Å². The normalized spacial score (nSPS) is 16.9. The van der Waals surface area contributed by atoms with E-state index in [0.29, 0.717) is 5.92 Å². The third-order valence-electron chi connectivity index (χ3n) is 7.02. The number of amides is 1. The first-order valence-corrected chi connectivity index (χ1v) is 12.1. The van der Waals surface area contributed by atoms with E-state index in [1.54, 1.807) is 6.20 Å². The maximum atomic E-state index is 13.7. The highest BCUT2D eigenvalue weighted by Crippen LogP contribution is 2.31. The molecule has 3 aromatic rings. The predicted molar refractivity (Wildman–Crippen MR) is 140 cm³/mol. The number of nitrogens with one attached hydrogen (secondary N) is 1. The molecule has 34 heavy (non-hydrogen) atoms. The van der Waals surface area contributed by atoms with Gasteiger partial charge in [-0.25, -0.2) is 4.68 Å². The number of para-hydroxylation sites is 1. The van der Waals surface area contributed by atoms with Crippen LogP contribution in [0.4, 0.5) is 5.69 Å². The molecule has 0 spiro atoms. The molecule has 5 rings (SSSR count). The van der Waals surface area contributed by atoms with E-state index in [4.69, 9.17) is 5.10 Å². The van der Waals surface area contributed by atoms with Crippen molar-refractivity contribution in [2.45, 2.75) is 32.6 Å². The first kappa shape index (κ1) is 24.3. The zero-order chi connectivity index (χ0) is 22.8. The average Bonchev–Trinajstić information content (AvgIpc) is 3.30. The third-order valence-corrected chi connectivity index (χ3v) is 7.02. The second kappa shape index (κ2) is 10.6. The van der Waals surface area contributed by atoms with Crippen LogP contribution in [0.25, 0.3) is 5.69 Å². The molecule has 2 aromatic carbocycles. The number of rotatable bonds is 4. The molecule has 2 saturated heterocycles. The van der Waals surface area contributed by atoms with Gasteiger partial charge in [-0.2, -0.15) is 5.10 Å². The summed E-state index contributed by atoms with van der Waals surface area (Å²) in [5.41, 5.74) is 6.72. The van der Waals surface area contributed by atoms with Crippen LogP contribution in [-0.4, -0.2) is 59.9 Å². The fraction of sp³-hybridized carbons (Fsp3) is 0.407. The Hall–Kier alpha value is -2.83. The Morgan fingerprint density at radius 3 is 2.35 bits per heavy atom. The number of hydrogen-bond donors (Lipinski definition) is 1. The number of aromatic nitrogens is 2. The lowest BCUT2D eigenvalue weighted by Crippen LogP contribution is -2.49. The standard InChI is InChI=1S/C27H33N5O.ClH/c1-20-8-9-25(21(2)18-20)30-14-16-31(17-15-30)27(33)24-19-29-32(23-6-4-3-5-7-23)26(24)22-10-12-28-13-11-22;/h3-9,18-19,22,28H,10-17H2,1-2H3;1H. The molecule has 0 bridgehead atoms. The van der Waals surface area contributed by atoms with Gasteiger partial charge in [-0.05, 0) is 63.5 Å². The Labute approximate surface area is 208 Å². The maximum absolute atomic E-state index is 13.7. The molecule has 0 saturated carbocycles. The minimum atomic E-state index is 0. The number of piperazine rings is 1. The van der Waals surface area contributed by atoms with Gasteiger partial charge in [0.2, 0.25) is 0 Å². The molecule has 2 aliphatic rings. The van der Waals surface area contributed by atoms with Crippen molar-refractivity contribution in [2.75, 3.05) is 44.2 Å². The van der Waals surface area contributed by atoms with Crippen LogP contribution < -0.4 is 10.2 Å². The molecule has 0 atom stereocenters. The van der Waals surface area contributed by atoms with Gasteiger partial charge >= 0.3 is 0 Å². The smallest absolute Gasteiger partial charge is 0.257 e. The topological polar surface area (TPSA) is 53.4 Å². The molecule has 3 heterocycles. The summed E-state index contributed by atoms with van der Waals surface area (Å²) >= 11 is 0. The average molecular weight is 480 g/mol. The van der Waals surface area contributed by atoms with Crippen LogP contribution in [0, 0.1) is 13.8 Å². The molecule has 0 radical (unpaired) electrons. The Bertz CT molecular complexity index is 1120. The van der Waals surface area contributed by atoms with Crippen molar-refractivity contribution in [3.63, 3.8) is 0 Å². The van der Waals surface area contributed by atoms with E-state index in [1.807, 2.05) is 27.8 Å². The highest BCUT2D eigenvalue weighted by molar-refractivity contribution is 5.95. The fourth-order valence-corrected chi connectivity index (χ4v) is 5.27. The summed E-state index contributed by atoms with van der Waals surface area (Å²) in [6, 6.07) is 16.8. The summed E-state index contributed by atoms with van der Waals surface area (Å²) in [6.45, 7) is 9.42. The molecule has 6 nitrogen and oxygen atoms in total. The quantitative estimate of drug-likeness (QED) is 0.604. The summed E-state index contributed by atoms with van der Waals surface area (Å²) in [7, 11) is 0. The number of benzene rings is 2. The van der Waals surface area contributed by atoms with Crippen LogP contribution in [0.15, 0.2) is 54.7 Å². The number of halogens is 1. The predicted octanol–water partition coefficient (Wildman–Crippen LogP) is 4.34. The summed E-state index contributed by atoms with van der Waals surface area (Å²) in [5.74, 6) is 0.454. The minimum Gasteiger partial charge on any atom is -0.368 e. The minimum absolute atomic E-state index is 0. The van der Waals surface area contributed by atoms with Crippen molar-refractivity contribution in [1.29, 1.82) is 0 Å². The van der Waals surface area contributed by atoms with Gasteiger partial charge in [0, 0.05) is 37.8 Å². The Morgan fingerprint density at radius 1 is 0.971 bits per heavy atom. The van der Waals surface area contributed by atoms with Crippen molar-refractivity contribution in [3.05, 3.63) is 77.1 Å². The van der Waals surface area contributed by atoms with E-state index in [9.17, 15) is 4.79 Å². The molecule has 1 N–H and O–H groups in total. The first-order chi connectivity index (χ1) is 16.1. The first-order valence-electron chi connectivity index (χ1n) is 12.1. The second-order valence-corrected chi connectivity index (χ2v) is 9.28. The molecule has 0 unspecified atom stereocenters. The van der Waals surface area contributed by atoms with Gasteiger partial charge in [0.25, 0.3) is 5.91 Å². The number of carbonyl (C=O) groups excluding carboxylic acids is 1. The molecular formula is C27H34ClN5O. The summed E-state index contributed by atoms with van der Waals surface area (Å²) in [4.78, 5) is 18.1. The third kappa shape index (κ3) is 4.84. The van der Waals surface area contributed by atoms with Crippen molar-refractivity contribution in [1.82, 2.24) is 20.0 Å². The van der Waals surface area contributed by atoms with Crippen LogP contribution in [0.1, 0.15) is 45.9 Å². The molecule has 2 aliphatic heterocycles. The largest absolute Gasteiger partial charge is 0.368 e. The molecule has 180 valence electrons. The highest BCUT2D eigenvalue weighted by Gasteiger charge is 2.31. The zero-order valence-corrected chi connectivity index (χ0v) is 20.9. The lowest BCUT2D eigenvalue weighted by atomic mass is 9.91. The van der Waals surface area contributed by atoms with E-state index in [1.165, 1.54) is 16.8 Å². The van der Waals surface area contributed by atoms with Crippen molar-refractivity contribution in [3.8, 4) is 5.69 Å². The van der Waals surface area contributed by atoms with Gasteiger partial charge in [-0.3, -0.25) is 4.79 Å². The van der Waals surface area contributed by atoms with Crippen molar-refractivity contribution >= 4 is 24.0 Å². The fourth-order valence-electron chi connectivity index (χ4n) is 5.27. The zero-order valence-electron chi connectivity index (χ0n) is 20.0.